The number of carbonyl (C=O) groups is 2. The largest absolute Gasteiger partial charge is 0.497 e. The molecule has 0 bridgehead atoms. The number of piperidine rings is 1. The highest BCUT2D eigenvalue weighted by atomic mass is 16.5. The number of carbonyl (C=O) groups excluding carboxylic acids is 2. The molecule has 0 aliphatic carbocycles. The van der Waals surface area contributed by atoms with E-state index in [4.69, 9.17) is 9.47 Å². The molecule has 3 aromatic rings. The number of rotatable bonds is 7. The smallest absolute Gasteiger partial charge is 0.255 e. The number of amides is 2. The number of hydrogen-bond acceptors (Lipinski definition) is 5. The van der Waals surface area contributed by atoms with E-state index in [1.807, 2.05) is 24.3 Å². The van der Waals surface area contributed by atoms with Crippen LogP contribution in [0.3, 0.4) is 0 Å². The fourth-order valence-corrected chi connectivity index (χ4v) is 5.78. The van der Waals surface area contributed by atoms with Crippen LogP contribution in [-0.4, -0.2) is 41.3 Å². The average Bonchev–Trinajstić information content (AvgIpc) is 3.29. The van der Waals surface area contributed by atoms with Crippen LogP contribution < -0.4 is 14.8 Å². The molecule has 6 rings (SSSR count). The van der Waals surface area contributed by atoms with Gasteiger partial charge in [-0.25, -0.2) is 0 Å². The van der Waals surface area contributed by atoms with Crippen molar-refractivity contribution < 1.29 is 19.1 Å². The van der Waals surface area contributed by atoms with Crippen LogP contribution in [0, 0.1) is 0 Å². The number of methoxy groups -OCH3 is 1. The Morgan fingerprint density at radius 2 is 1.79 bits per heavy atom. The summed E-state index contributed by atoms with van der Waals surface area (Å²) < 4.78 is 11.6. The second-order valence-electron chi connectivity index (χ2n) is 10.6. The molecule has 3 heterocycles. The predicted octanol–water partition coefficient (Wildman–Crippen LogP) is 4.58. The topological polar surface area (TPSA) is 71.1 Å². The lowest BCUT2D eigenvalue weighted by Crippen LogP contribution is -2.49. The number of nitrogens with zero attached hydrogens (tertiary/aromatic N) is 2. The molecule has 200 valence electrons. The Morgan fingerprint density at radius 3 is 2.59 bits per heavy atom. The van der Waals surface area contributed by atoms with Crippen LogP contribution in [0.1, 0.15) is 51.0 Å². The van der Waals surface area contributed by atoms with Gasteiger partial charge in [0.05, 0.1) is 13.7 Å². The first kappa shape index (κ1) is 25.2. The summed E-state index contributed by atoms with van der Waals surface area (Å²) in [5.74, 6) is 1.33. The number of benzene rings is 3. The van der Waals surface area contributed by atoms with E-state index in [1.165, 1.54) is 16.7 Å². The molecule has 39 heavy (non-hydrogen) atoms. The fourth-order valence-electron chi connectivity index (χ4n) is 5.78. The Bertz CT molecular complexity index is 1430. The van der Waals surface area contributed by atoms with Crippen molar-refractivity contribution in [2.45, 2.75) is 51.5 Å². The quantitative estimate of drug-likeness (QED) is 0.491. The van der Waals surface area contributed by atoms with E-state index in [1.54, 1.807) is 12.0 Å². The summed E-state index contributed by atoms with van der Waals surface area (Å²) in [6.45, 7) is 7.49. The van der Waals surface area contributed by atoms with Crippen LogP contribution in [0.15, 0.2) is 72.9 Å². The van der Waals surface area contributed by atoms with Gasteiger partial charge in [0.25, 0.3) is 5.91 Å². The number of allylic oxidation sites excluding steroid dienone is 1. The van der Waals surface area contributed by atoms with E-state index < -0.39 is 6.04 Å². The molecule has 1 atom stereocenters. The van der Waals surface area contributed by atoms with Gasteiger partial charge >= 0.3 is 0 Å². The average molecular weight is 524 g/mol. The Morgan fingerprint density at radius 1 is 0.974 bits per heavy atom. The van der Waals surface area contributed by atoms with E-state index in [0.29, 0.717) is 43.0 Å². The maximum absolute atomic E-state index is 13.1. The van der Waals surface area contributed by atoms with Crippen molar-refractivity contribution in [3.63, 3.8) is 0 Å². The van der Waals surface area contributed by atoms with Gasteiger partial charge in [-0.3, -0.25) is 14.5 Å². The van der Waals surface area contributed by atoms with Gasteiger partial charge in [-0.2, -0.15) is 0 Å². The molecule has 1 unspecified atom stereocenters. The first-order chi connectivity index (χ1) is 19.0. The van der Waals surface area contributed by atoms with E-state index >= 15 is 0 Å². The molecule has 0 aromatic heterocycles. The zero-order chi connectivity index (χ0) is 26.9. The van der Waals surface area contributed by atoms with Gasteiger partial charge in [-0.1, -0.05) is 43.0 Å². The van der Waals surface area contributed by atoms with Crippen molar-refractivity contribution in [2.75, 3.05) is 13.7 Å². The number of fused-ring (bicyclic) bond motifs is 2. The standard InChI is InChI=1S/C32H33N3O4/c1-21-6-13-29(31(36)33-21)35-19-28-27(32(35)37)4-3-5-30(28)39-20-23-9-7-22(8-10-23)17-34-15-14-24-16-26(38-2)12-11-25(24)18-34/h3-5,7-12,16,29H,1,6,13-15,17-20H2,2H3,(H,33,36). The van der Waals surface area contributed by atoms with Crippen molar-refractivity contribution in [1.29, 1.82) is 0 Å². The summed E-state index contributed by atoms with van der Waals surface area (Å²) in [5.41, 5.74) is 7.25. The molecule has 1 saturated heterocycles. The zero-order valence-electron chi connectivity index (χ0n) is 22.2. The lowest BCUT2D eigenvalue weighted by molar-refractivity contribution is -0.126. The van der Waals surface area contributed by atoms with Crippen LogP contribution in [0.5, 0.6) is 11.5 Å². The lowest BCUT2D eigenvalue weighted by Gasteiger charge is -2.31. The minimum absolute atomic E-state index is 0.119. The molecular weight excluding hydrogens is 490 g/mol. The minimum Gasteiger partial charge on any atom is -0.497 e. The van der Waals surface area contributed by atoms with Crippen molar-refractivity contribution in [2.24, 2.45) is 0 Å². The minimum atomic E-state index is -0.480. The van der Waals surface area contributed by atoms with Crippen molar-refractivity contribution >= 4 is 11.8 Å². The van der Waals surface area contributed by atoms with Crippen LogP contribution >= 0.6 is 0 Å². The summed E-state index contributed by atoms with van der Waals surface area (Å²) in [6.07, 6.45) is 2.29. The van der Waals surface area contributed by atoms with Gasteiger partial charge < -0.3 is 19.7 Å². The molecule has 1 N–H and O–H groups in total. The van der Waals surface area contributed by atoms with Crippen LogP contribution in [0.25, 0.3) is 0 Å². The highest BCUT2D eigenvalue weighted by molar-refractivity contribution is 6.02. The normalized spacial score (nSPS) is 18.9. The molecular formula is C32H33N3O4. The molecule has 7 heteroatoms. The SMILES string of the molecule is C=C1CCC(N2Cc3c(OCc4ccc(CN5CCc6cc(OC)ccc6C5)cc4)cccc3C2=O)C(=O)N1. The van der Waals surface area contributed by atoms with Crippen molar-refractivity contribution in [3.8, 4) is 11.5 Å². The van der Waals surface area contributed by atoms with Gasteiger partial charge in [-0.15, -0.1) is 0 Å². The highest BCUT2D eigenvalue weighted by Gasteiger charge is 2.39. The second kappa shape index (κ2) is 10.6. The third kappa shape index (κ3) is 5.14. The third-order valence-corrected chi connectivity index (χ3v) is 7.98. The van der Waals surface area contributed by atoms with E-state index in [9.17, 15) is 9.59 Å². The molecule has 3 aromatic carbocycles. The zero-order valence-corrected chi connectivity index (χ0v) is 22.2. The lowest BCUT2D eigenvalue weighted by atomic mass is 9.99. The molecule has 0 saturated carbocycles. The van der Waals surface area contributed by atoms with Gasteiger partial charge in [0.1, 0.15) is 24.1 Å². The highest BCUT2D eigenvalue weighted by Crippen LogP contribution is 2.34. The molecule has 2 amide bonds. The Labute approximate surface area is 229 Å². The number of hydrogen-bond donors (Lipinski definition) is 1. The predicted molar refractivity (Wildman–Crippen MR) is 148 cm³/mol. The molecule has 3 aliphatic heterocycles. The molecule has 0 radical (unpaired) electrons. The summed E-state index contributed by atoms with van der Waals surface area (Å²) in [7, 11) is 1.71. The maximum atomic E-state index is 13.1. The molecule has 3 aliphatic rings. The third-order valence-electron chi connectivity index (χ3n) is 7.98. The summed E-state index contributed by atoms with van der Waals surface area (Å²) in [6, 6.07) is 20.0. The monoisotopic (exact) mass is 523 g/mol. The van der Waals surface area contributed by atoms with Crippen molar-refractivity contribution in [1.82, 2.24) is 15.1 Å². The van der Waals surface area contributed by atoms with Gasteiger partial charge in [0.2, 0.25) is 5.91 Å². The molecule has 0 spiro atoms. The van der Waals surface area contributed by atoms with Gasteiger partial charge in [0, 0.05) is 36.5 Å². The van der Waals surface area contributed by atoms with E-state index in [0.717, 1.165) is 42.9 Å². The number of nitrogens with one attached hydrogen (secondary N) is 1. The molecule has 7 nitrogen and oxygen atoms in total. The van der Waals surface area contributed by atoms with Crippen LogP contribution in [0.4, 0.5) is 0 Å². The van der Waals surface area contributed by atoms with Gasteiger partial charge in [-0.05, 0) is 65.8 Å². The van der Waals surface area contributed by atoms with Gasteiger partial charge in [0.15, 0.2) is 0 Å². The first-order valence-electron chi connectivity index (χ1n) is 13.5. The fraction of sp³-hybridized carbons (Fsp3) is 0.312. The number of ether oxygens (including phenoxy) is 2. The summed E-state index contributed by atoms with van der Waals surface area (Å²) in [4.78, 5) is 29.7. The Kier molecular flexibility index (Phi) is 6.83. The van der Waals surface area contributed by atoms with E-state index in [-0.39, 0.29) is 11.8 Å². The first-order valence-corrected chi connectivity index (χ1v) is 13.5. The van der Waals surface area contributed by atoms with Crippen LogP contribution in [-0.2, 0) is 37.5 Å². The second-order valence-corrected chi connectivity index (χ2v) is 10.6. The van der Waals surface area contributed by atoms with Crippen LogP contribution in [0.2, 0.25) is 0 Å². The Hall–Kier alpha value is -4.10. The Balaban J connectivity index is 1.07. The summed E-state index contributed by atoms with van der Waals surface area (Å²) >= 11 is 0. The van der Waals surface area contributed by atoms with E-state index in [2.05, 4.69) is 53.2 Å². The summed E-state index contributed by atoms with van der Waals surface area (Å²) in [5, 5.41) is 2.79. The maximum Gasteiger partial charge on any atom is 0.255 e. The molecule has 1 fully saturated rings. The van der Waals surface area contributed by atoms with Crippen molar-refractivity contribution in [3.05, 3.63) is 106 Å².